The molecule has 0 saturated carbocycles. The fourth-order valence-corrected chi connectivity index (χ4v) is 2.98. The highest BCUT2D eigenvalue weighted by Gasteiger charge is 2.43. The Labute approximate surface area is 173 Å². The van der Waals surface area contributed by atoms with E-state index in [4.69, 9.17) is 9.47 Å². The molecule has 0 spiro atoms. The number of benzene rings is 3. The normalized spacial score (nSPS) is 13.3. The second-order valence-electron chi connectivity index (χ2n) is 6.90. The number of ether oxygens (including phenoxy) is 2. The summed E-state index contributed by atoms with van der Waals surface area (Å²) in [6.07, 6.45) is -6.28. The molecular formula is C24H21F3O3. The number of halogens is 3. The molecule has 156 valence electrons. The van der Waals surface area contributed by atoms with E-state index in [2.05, 4.69) is 0 Å². The van der Waals surface area contributed by atoms with Gasteiger partial charge in [-0.15, -0.1) is 0 Å². The second-order valence-corrected chi connectivity index (χ2v) is 6.90. The van der Waals surface area contributed by atoms with Gasteiger partial charge < -0.3 is 9.47 Å². The molecule has 0 heterocycles. The van der Waals surface area contributed by atoms with Crippen LogP contribution < -0.4 is 9.47 Å². The molecule has 3 rings (SSSR count). The van der Waals surface area contributed by atoms with Crippen LogP contribution in [0.4, 0.5) is 13.2 Å². The third-order valence-electron chi connectivity index (χ3n) is 4.61. The lowest BCUT2D eigenvalue weighted by Gasteiger charge is -2.24. The molecule has 0 amide bonds. The van der Waals surface area contributed by atoms with Crippen LogP contribution in [0.5, 0.6) is 11.5 Å². The maximum absolute atomic E-state index is 13.7. The van der Waals surface area contributed by atoms with Gasteiger partial charge in [-0.2, -0.15) is 13.2 Å². The summed E-state index contributed by atoms with van der Waals surface area (Å²) in [6.45, 7) is 2.20. The molecule has 3 aromatic rings. The van der Waals surface area contributed by atoms with Crippen molar-refractivity contribution in [3.8, 4) is 11.5 Å². The SMILES string of the molecule is C[C@@H](COc1ccc(C=O)cc1O[C@@H](c1ccccc1)C(F)(F)F)c1ccccc1. The van der Waals surface area contributed by atoms with Crippen molar-refractivity contribution in [3.05, 3.63) is 95.6 Å². The highest BCUT2D eigenvalue weighted by atomic mass is 19.4. The van der Waals surface area contributed by atoms with E-state index in [0.29, 0.717) is 6.29 Å². The fraction of sp³-hybridized carbons (Fsp3) is 0.208. The summed E-state index contributed by atoms with van der Waals surface area (Å²) in [5, 5.41) is 0. The summed E-state index contributed by atoms with van der Waals surface area (Å²) in [5.74, 6) is 0.0249. The number of hydrogen-bond acceptors (Lipinski definition) is 3. The van der Waals surface area contributed by atoms with Crippen molar-refractivity contribution < 1.29 is 27.4 Å². The maximum atomic E-state index is 13.7. The highest BCUT2D eigenvalue weighted by molar-refractivity contribution is 5.76. The molecule has 0 radical (unpaired) electrons. The maximum Gasteiger partial charge on any atom is 0.429 e. The molecule has 0 fully saturated rings. The molecule has 0 bridgehead atoms. The van der Waals surface area contributed by atoms with Crippen molar-refractivity contribution in [2.24, 2.45) is 0 Å². The first kappa shape index (κ1) is 21.4. The Kier molecular flexibility index (Phi) is 6.77. The van der Waals surface area contributed by atoms with Gasteiger partial charge in [-0.1, -0.05) is 67.6 Å². The molecule has 0 unspecified atom stereocenters. The van der Waals surface area contributed by atoms with Gasteiger partial charge >= 0.3 is 6.18 Å². The standard InChI is InChI=1S/C24H21F3O3/c1-17(19-8-4-2-5-9-19)16-29-21-13-12-18(15-28)14-22(21)30-23(24(25,26)27)20-10-6-3-7-11-20/h2-15,17,23H,16H2,1H3/t17-,23-/m0/s1. The van der Waals surface area contributed by atoms with Crippen molar-refractivity contribution in [3.63, 3.8) is 0 Å². The molecule has 30 heavy (non-hydrogen) atoms. The van der Waals surface area contributed by atoms with E-state index >= 15 is 0 Å². The Morgan fingerprint density at radius 3 is 2.03 bits per heavy atom. The Morgan fingerprint density at radius 2 is 1.47 bits per heavy atom. The number of carbonyl (C=O) groups is 1. The van der Waals surface area contributed by atoms with Crippen LogP contribution in [0.15, 0.2) is 78.9 Å². The van der Waals surface area contributed by atoms with Gasteiger partial charge in [0.05, 0.1) is 6.61 Å². The molecule has 0 aromatic heterocycles. The highest BCUT2D eigenvalue weighted by Crippen LogP contribution is 2.40. The summed E-state index contributed by atoms with van der Waals surface area (Å²) >= 11 is 0. The van der Waals surface area contributed by atoms with E-state index in [1.165, 1.54) is 42.5 Å². The van der Waals surface area contributed by atoms with Gasteiger partial charge in [-0.05, 0) is 23.8 Å². The van der Waals surface area contributed by atoms with Gasteiger partial charge in [-0.25, -0.2) is 0 Å². The molecule has 0 N–H and O–H groups in total. The van der Waals surface area contributed by atoms with Crippen molar-refractivity contribution in [2.45, 2.75) is 25.1 Å². The molecular weight excluding hydrogens is 393 g/mol. The molecule has 0 saturated heterocycles. The van der Waals surface area contributed by atoms with Crippen LogP contribution in [0.2, 0.25) is 0 Å². The predicted octanol–water partition coefficient (Wildman–Crippen LogP) is 6.36. The van der Waals surface area contributed by atoms with Crippen molar-refractivity contribution in [1.82, 2.24) is 0 Å². The Morgan fingerprint density at radius 1 is 0.867 bits per heavy atom. The van der Waals surface area contributed by atoms with E-state index in [1.807, 2.05) is 37.3 Å². The van der Waals surface area contributed by atoms with Crippen molar-refractivity contribution in [1.29, 1.82) is 0 Å². The minimum atomic E-state index is -4.65. The number of alkyl halides is 3. The first-order valence-electron chi connectivity index (χ1n) is 9.43. The number of carbonyl (C=O) groups excluding carboxylic acids is 1. The monoisotopic (exact) mass is 414 g/mol. The zero-order valence-electron chi connectivity index (χ0n) is 16.3. The number of hydrogen-bond donors (Lipinski definition) is 0. The van der Waals surface area contributed by atoms with Crippen LogP contribution >= 0.6 is 0 Å². The van der Waals surface area contributed by atoms with Crippen LogP contribution in [-0.4, -0.2) is 19.1 Å². The quantitative estimate of drug-likeness (QED) is 0.402. The molecule has 3 nitrogen and oxygen atoms in total. The number of aldehydes is 1. The lowest BCUT2D eigenvalue weighted by atomic mass is 10.0. The van der Waals surface area contributed by atoms with Crippen LogP contribution in [0.3, 0.4) is 0 Å². The summed E-state index contributed by atoms with van der Waals surface area (Å²) in [5.41, 5.74) is 1.20. The van der Waals surface area contributed by atoms with Crippen LogP contribution in [0, 0.1) is 0 Å². The average Bonchev–Trinajstić information content (AvgIpc) is 2.76. The first-order valence-corrected chi connectivity index (χ1v) is 9.43. The van der Waals surface area contributed by atoms with Gasteiger partial charge in [0, 0.05) is 17.0 Å². The zero-order valence-corrected chi connectivity index (χ0v) is 16.3. The number of rotatable bonds is 8. The largest absolute Gasteiger partial charge is 0.489 e. The van der Waals surface area contributed by atoms with Crippen molar-refractivity contribution >= 4 is 6.29 Å². The smallest absolute Gasteiger partial charge is 0.429 e. The summed E-state index contributed by atoms with van der Waals surface area (Å²) < 4.78 is 52.3. The molecule has 2 atom stereocenters. The summed E-state index contributed by atoms with van der Waals surface area (Å²) in [4.78, 5) is 11.2. The third kappa shape index (κ3) is 5.41. The average molecular weight is 414 g/mol. The second kappa shape index (κ2) is 9.48. The lowest BCUT2D eigenvalue weighted by Crippen LogP contribution is -2.26. The zero-order chi connectivity index (χ0) is 21.6. The topological polar surface area (TPSA) is 35.5 Å². The van der Waals surface area contributed by atoms with Crippen LogP contribution in [0.25, 0.3) is 0 Å². The van der Waals surface area contributed by atoms with Gasteiger partial charge in [0.25, 0.3) is 0 Å². The third-order valence-corrected chi connectivity index (χ3v) is 4.61. The Hall–Kier alpha value is -3.28. The lowest BCUT2D eigenvalue weighted by molar-refractivity contribution is -0.198. The minimum absolute atomic E-state index is 0.0114. The van der Waals surface area contributed by atoms with Gasteiger partial charge in [0.2, 0.25) is 6.10 Å². The van der Waals surface area contributed by atoms with E-state index in [0.717, 1.165) is 5.56 Å². The van der Waals surface area contributed by atoms with E-state index in [1.54, 1.807) is 6.07 Å². The first-order chi connectivity index (χ1) is 14.4. The summed E-state index contributed by atoms with van der Waals surface area (Å²) in [7, 11) is 0. The molecule has 0 aliphatic heterocycles. The van der Waals surface area contributed by atoms with Crippen LogP contribution in [0.1, 0.15) is 40.4 Å². The molecule has 3 aromatic carbocycles. The van der Waals surface area contributed by atoms with Gasteiger partial charge in [-0.3, -0.25) is 4.79 Å². The summed E-state index contributed by atoms with van der Waals surface area (Å²) in [6, 6.07) is 21.2. The van der Waals surface area contributed by atoms with E-state index in [9.17, 15) is 18.0 Å². The Bertz CT molecular complexity index is 956. The molecule has 0 aliphatic rings. The molecule has 6 heteroatoms. The van der Waals surface area contributed by atoms with E-state index in [-0.39, 0.29) is 35.2 Å². The van der Waals surface area contributed by atoms with Crippen LogP contribution in [-0.2, 0) is 0 Å². The minimum Gasteiger partial charge on any atom is -0.489 e. The fourth-order valence-electron chi connectivity index (χ4n) is 2.98. The van der Waals surface area contributed by atoms with Crippen molar-refractivity contribution in [2.75, 3.05) is 6.61 Å². The predicted molar refractivity (Wildman–Crippen MR) is 108 cm³/mol. The van der Waals surface area contributed by atoms with E-state index < -0.39 is 12.3 Å². The van der Waals surface area contributed by atoms with Gasteiger partial charge in [0.15, 0.2) is 11.5 Å². The van der Waals surface area contributed by atoms with Gasteiger partial charge in [0.1, 0.15) is 6.29 Å². The molecule has 0 aliphatic carbocycles. The Balaban J connectivity index is 1.86.